The van der Waals surface area contributed by atoms with E-state index < -0.39 is 5.60 Å². The standard InChI is InChI=1S/C17H22N2O3/c1-11-12(2)19-15-13(11)4-3-5-14(15)16(20)18-10-17(21)6-8-22-9-7-17/h3-5,19,21H,6-10H2,1-2H3,(H,18,20). The summed E-state index contributed by atoms with van der Waals surface area (Å²) in [6, 6.07) is 5.71. The number of hydrogen-bond acceptors (Lipinski definition) is 3. The zero-order valence-corrected chi connectivity index (χ0v) is 13.0. The maximum atomic E-state index is 12.5. The lowest BCUT2D eigenvalue weighted by molar-refractivity contribution is -0.0605. The summed E-state index contributed by atoms with van der Waals surface area (Å²) in [5.74, 6) is -0.160. The summed E-state index contributed by atoms with van der Waals surface area (Å²) >= 11 is 0. The van der Waals surface area contributed by atoms with Gasteiger partial charge in [0, 0.05) is 43.7 Å². The van der Waals surface area contributed by atoms with Gasteiger partial charge in [-0.15, -0.1) is 0 Å². The van der Waals surface area contributed by atoms with Crippen LogP contribution in [0.15, 0.2) is 18.2 Å². The second-order valence-corrected chi connectivity index (χ2v) is 6.12. The molecule has 0 saturated carbocycles. The van der Waals surface area contributed by atoms with Gasteiger partial charge in [0.15, 0.2) is 0 Å². The highest BCUT2D eigenvalue weighted by molar-refractivity contribution is 6.06. The summed E-state index contributed by atoms with van der Waals surface area (Å²) in [5.41, 5.74) is 2.84. The van der Waals surface area contributed by atoms with Crippen molar-refractivity contribution in [3.8, 4) is 0 Å². The Labute approximate surface area is 129 Å². The topological polar surface area (TPSA) is 74.4 Å². The van der Waals surface area contributed by atoms with Crippen LogP contribution in [-0.4, -0.2) is 41.4 Å². The Balaban J connectivity index is 1.79. The van der Waals surface area contributed by atoms with Crippen LogP contribution < -0.4 is 5.32 Å². The van der Waals surface area contributed by atoms with Crippen LogP contribution in [0.4, 0.5) is 0 Å². The Hall–Kier alpha value is -1.85. The maximum absolute atomic E-state index is 12.5. The molecule has 0 bridgehead atoms. The Kier molecular flexibility index (Phi) is 3.93. The molecule has 1 amide bonds. The molecule has 0 unspecified atom stereocenters. The van der Waals surface area contributed by atoms with Gasteiger partial charge in [0.2, 0.25) is 0 Å². The first kappa shape index (κ1) is 15.1. The number of ether oxygens (including phenoxy) is 1. The molecule has 1 saturated heterocycles. The number of rotatable bonds is 3. The van der Waals surface area contributed by atoms with Crippen LogP contribution in [0.3, 0.4) is 0 Å². The summed E-state index contributed by atoms with van der Waals surface area (Å²) in [5, 5.41) is 14.4. The molecule has 1 aliphatic rings. The van der Waals surface area contributed by atoms with Gasteiger partial charge >= 0.3 is 0 Å². The number of carbonyl (C=O) groups excluding carboxylic acids is 1. The number of para-hydroxylation sites is 1. The number of aliphatic hydroxyl groups is 1. The highest BCUT2D eigenvalue weighted by Crippen LogP contribution is 2.24. The van der Waals surface area contributed by atoms with E-state index in [0.717, 1.165) is 22.2 Å². The minimum absolute atomic E-state index is 0.160. The first-order valence-electron chi connectivity index (χ1n) is 7.66. The van der Waals surface area contributed by atoms with Crippen molar-refractivity contribution < 1.29 is 14.6 Å². The second-order valence-electron chi connectivity index (χ2n) is 6.12. The van der Waals surface area contributed by atoms with Gasteiger partial charge in [-0.05, 0) is 25.5 Å². The number of fused-ring (bicyclic) bond motifs is 1. The number of amides is 1. The Morgan fingerprint density at radius 2 is 2.09 bits per heavy atom. The molecule has 3 rings (SSSR count). The third kappa shape index (κ3) is 2.74. The van der Waals surface area contributed by atoms with Crippen LogP contribution in [0.25, 0.3) is 10.9 Å². The van der Waals surface area contributed by atoms with E-state index in [4.69, 9.17) is 4.74 Å². The van der Waals surface area contributed by atoms with Crippen molar-refractivity contribution in [3.05, 3.63) is 35.0 Å². The first-order chi connectivity index (χ1) is 10.5. The number of aryl methyl sites for hydroxylation is 2. The van der Waals surface area contributed by atoms with Crippen molar-refractivity contribution in [2.24, 2.45) is 0 Å². The zero-order valence-electron chi connectivity index (χ0n) is 13.0. The van der Waals surface area contributed by atoms with E-state index in [1.165, 1.54) is 0 Å². The molecule has 22 heavy (non-hydrogen) atoms. The Bertz CT molecular complexity index is 699. The number of nitrogens with one attached hydrogen (secondary N) is 2. The monoisotopic (exact) mass is 302 g/mol. The SMILES string of the molecule is Cc1[nH]c2c(C(=O)NCC3(O)CCOCC3)cccc2c1C. The molecule has 118 valence electrons. The highest BCUT2D eigenvalue weighted by atomic mass is 16.5. The Morgan fingerprint density at radius 1 is 1.36 bits per heavy atom. The number of hydrogen-bond donors (Lipinski definition) is 3. The smallest absolute Gasteiger partial charge is 0.253 e. The van der Waals surface area contributed by atoms with Gasteiger partial charge in [0.1, 0.15) is 0 Å². The molecule has 0 aliphatic carbocycles. The van der Waals surface area contributed by atoms with Crippen LogP contribution in [0, 0.1) is 13.8 Å². The summed E-state index contributed by atoms with van der Waals surface area (Å²) < 4.78 is 5.25. The molecule has 0 spiro atoms. The summed E-state index contributed by atoms with van der Waals surface area (Å²) in [7, 11) is 0. The summed E-state index contributed by atoms with van der Waals surface area (Å²) in [6.45, 7) is 5.38. The molecule has 5 nitrogen and oxygen atoms in total. The van der Waals surface area contributed by atoms with Crippen molar-refractivity contribution >= 4 is 16.8 Å². The lowest BCUT2D eigenvalue weighted by Crippen LogP contribution is -2.46. The maximum Gasteiger partial charge on any atom is 0.253 e. The fourth-order valence-electron chi connectivity index (χ4n) is 2.94. The number of benzene rings is 1. The van der Waals surface area contributed by atoms with Gasteiger partial charge in [0.05, 0.1) is 16.7 Å². The number of aromatic nitrogens is 1. The molecule has 0 atom stereocenters. The van der Waals surface area contributed by atoms with E-state index in [-0.39, 0.29) is 12.5 Å². The third-order valence-corrected chi connectivity index (χ3v) is 4.59. The molecule has 1 aromatic carbocycles. The average Bonchev–Trinajstić information content (AvgIpc) is 2.81. The van der Waals surface area contributed by atoms with Gasteiger partial charge in [-0.2, -0.15) is 0 Å². The van der Waals surface area contributed by atoms with Crippen molar-refractivity contribution in [1.82, 2.24) is 10.3 Å². The quantitative estimate of drug-likeness (QED) is 0.812. The van der Waals surface area contributed by atoms with E-state index in [1.54, 1.807) is 6.07 Å². The van der Waals surface area contributed by atoms with Gasteiger partial charge in [-0.3, -0.25) is 4.79 Å². The van der Waals surface area contributed by atoms with E-state index in [1.807, 2.05) is 26.0 Å². The van der Waals surface area contributed by atoms with Crippen LogP contribution in [0.5, 0.6) is 0 Å². The van der Waals surface area contributed by atoms with E-state index in [9.17, 15) is 9.90 Å². The van der Waals surface area contributed by atoms with E-state index in [2.05, 4.69) is 10.3 Å². The molecule has 5 heteroatoms. The van der Waals surface area contributed by atoms with Crippen LogP contribution >= 0.6 is 0 Å². The molecule has 3 N–H and O–H groups in total. The normalized spacial score (nSPS) is 17.6. The second kappa shape index (κ2) is 5.74. The predicted octanol–water partition coefficient (Wildman–Crippen LogP) is 2.06. The highest BCUT2D eigenvalue weighted by Gasteiger charge is 2.30. The molecular formula is C17H22N2O3. The minimum atomic E-state index is -0.858. The number of carbonyl (C=O) groups is 1. The van der Waals surface area contributed by atoms with Crippen molar-refractivity contribution in [2.45, 2.75) is 32.3 Å². The summed E-state index contributed by atoms with van der Waals surface area (Å²) in [4.78, 5) is 15.8. The van der Waals surface area contributed by atoms with E-state index in [0.29, 0.717) is 31.6 Å². The predicted molar refractivity (Wildman–Crippen MR) is 85.1 cm³/mol. The summed E-state index contributed by atoms with van der Waals surface area (Å²) in [6.07, 6.45) is 1.11. The fourth-order valence-corrected chi connectivity index (χ4v) is 2.94. The van der Waals surface area contributed by atoms with E-state index >= 15 is 0 Å². The van der Waals surface area contributed by atoms with Crippen molar-refractivity contribution in [2.75, 3.05) is 19.8 Å². The molecule has 1 aliphatic heterocycles. The lowest BCUT2D eigenvalue weighted by atomic mass is 9.94. The van der Waals surface area contributed by atoms with Crippen LogP contribution in [0.2, 0.25) is 0 Å². The van der Waals surface area contributed by atoms with Gasteiger partial charge in [-0.25, -0.2) is 0 Å². The van der Waals surface area contributed by atoms with Crippen molar-refractivity contribution in [1.29, 1.82) is 0 Å². The average molecular weight is 302 g/mol. The first-order valence-corrected chi connectivity index (χ1v) is 7.66. The van der Waals surface area contributed by atoms with Gasteiger partial charge in [0.25, 0.3) is 5.91 Å². The zero-order chi connectivity index (χ0) is 15.7. The molecule has 0 radical (unpaired) electrons. The molecule has 1 aromatic heterocycles. The van der Waals surface area contributed by atoms with Gasteiger partial charge < -0.3 is 20.1 Å². The van der Waals surface area contributed by atoms with Gasteiger partial charge in [-0.1, -0.05) is 12.1 Å². The van der Waals surface area contributed by atoms with Crippen molar-refractivity contribution in [3.63, 3.8) is 0 Å². The fraction of sp³-hybridized carbons (Fsp3) is 0.471. The third-order valence-electron chi connectivity index (χ3n) is 4.59. The Morgan fingerprint density at radius 3 is 2.82 bits per heavy atom. The largest absolute Gasteiger partial charge is 0.388 e. The number of aromatic amines is 1. The lowest BCUT2D eigenvalue weighted by Gasteiger charge is -2.32. The van der Waals surface area contributed by atoms with Crippen LogP contribution in [-0.2, 0) is 4.74 Å². The molecule has 1 fully saturated rings. The minimum Gasteiger partial charge on any atom is -0.388 e. The molecule has 2 heterocycles. The molecular weight excluding hydrogens is 280 g/mol. The van der Waals surface area contributed by atoms with Crippen LogP contribution in [0.1, 0.15) is 34.5 Å². The molecule has 2 aromatic rings. The number of H-pyrrole nitrogens is 1.